The molecule has 0 radical (unpaired) electrons. The minimum Gasteiger partial charge on any atom is -0.394 e. The number of amides is 2. The molecule has 0 saturated heterocycles. The Morgan fingerprint density at radius 1 is 0.786 bits per heavy atom. The Morgan fingerprint density at radius 3 is 1.50 bits per heavy atom. The summed E-state index contributed by atoms with van der Waals surface area (Å²) >= 11 is 0. The van der Waals surface area contributed by atoms with Gasteiger partial charge in [0.1, 0.15) is 16.8 Å². The predicted octanol–water partition coefficient (Wildman–Crippen LogP) is -3.34. The maximum absolute atomic E-state index is 12.5. The maximum atomic E-state index is 12.5. The molecule has 1 aromatic rings. The maximum Gasteiger partial charge on any atom is 0.272 e. The zero-order valence-corrected chi connectivity index (χ0v) is 15.8. The molecule has 11 nitrogen and oxygen atoms in total. The molecule has 1 rings (SSSR count). The van der Waals surface area contributed by atoms with Gasteiger partial charge in [0.2, 0.25) is 0 Å². The van der Waals surface area contributed by atoms with E-state index in [9.17, 15) is 40.2 Å². The Labute approximate surface area is 162 Å². The molecule has 1 aromatic heterocycles. The number of aliphatic hydroxyl groups excluding tert-OH is 6. The summed E-state index contributed by atoms with van der Waals surface area (Å²) in [6, 6.07) is 2.54. The van der Waals surface area contributed by atoms with Gasteiger partial charge >= 0.3 is 0 Å². The molecule has 0 unspecified atom stereocenters. The number of carbonyl (C=O) groups excluding carboxylic acids is 2. The van der Waals surface area contributed by atoms with Gasteiger partial charge in [0.15, 0.2) is 0 Å². The van der Waals surface area contributed by atoms with E-state index in [-0.39, 0.29) is 11.3 Å². The zero-order chi connectivity index (χ0) is 21.5. The number of hydrogen-bond donors (Lipinski definition) is 6. The fourth-order valence-electron chi connectivity index (χ4n) is 2.38. The van der Waals surface area contributed by atoms with Crippen molar-refractivity contribution in [3.8, 4) is 0 Å². The van der Waals surface area contributed by atoms with E-state index in [1.165, 1.54) is 26.2 Å². The fourth-order valence-corrected chi connectivity index (χ4v) is 2.38. The van der Waals surface area contributed by atoms with Gasteiger partial charge in [-0.25, -0.2) is 0 Å². The highest BCUT2D eigenvalue weighted by atomic mass is 16.3. The van der Waals surface area contributed by atoms with Gasteiger partial charge < -0.3 is 40.4 Å². The van der Waals surface area contributed by atoms with Crippen LogP contribution in [0.25, 0.3) is 0 Å². The standard InChI is InChI=1S/C17H27N3O8/c1-19(16(6-21,7-22)8-23)14(27)12-3-4-13(18-5-12)15(28)20(2)17(9-24,10-25)11-26/h3-5,21-26H,6-11H2,1-2H3. The SMILES string of the molecule is CN(C(=O)c1ccc(C(=O)N(C)C(CO)(CO)CO)nc1)C(CO)(CO)CO. The van der Waals surface area contributed by atoms with Crippen LogP contribution in [-0.4, -0.2) is 122 Å². The van der Waals surface area contributed by atoms with E-state index >= 15 is 0 Å². The predicted molar refractivity (Wildman–Crippen MR) is 96.4 cm³/mol. The first-order valence-corrected chi connectivity index (χ1v) is 8.40. The van der Waals surface area contributed by atoms with E-state index in [1.807, 2.05) is 0 Å². The smallest absolute Gasteiger partial charge is 0.272 e. The topological polar surface area (TPSA) is 175 Å². The van der Waals surface area contributed by atoms with Gasteiger partial charge in [0.05, 0.1) is 45.2 Å². The van der Waals surface area contributed by atoms with Gasteiger partial charge in [-0.15, -0.1) is 0 Å². The molecular formula is C17H27N3O8. The third-order valence-corrected chi connectivity index (χ3v) is 5.03. The molecule has 0 aliphatic heterocycles. The van der Waals surface area contributed by atoms with Gasteiger partial charge in [0.25, 0.3) is 11.8 Å². The highest BCUT2D eigenvalue weighted by molar-refractivity contribution is 5.96. The lowest BCUT2D eigenvalue weighted by atomic mass is 10.00. The van der Waals surface area contributed by atoms with E-state index in [1.54, 1.807) is 0 Å². The summed E-state index contributed by atoms with van der Waals surface area (Å²) in [5, 5.41) is 56.5. The fraction of sp³-hybridized carbons (Fsp3) is 0.588. The quantitative estimate of drug-likeness (QED) is 0.234. The van der Waals surface area contributed by atoms with Crippen molar-refractivity contribution in [3.05, 3.63) is 29.6 Å². The average Bonchev–Trinajstić information content (AvgIpc) is 2.75. The minimum atomic E-state index is -1.57. The molecule has 28 heavy (non-hydrogen) atoms. The molecule has 0 saturated carbocycles. The van der Waals surface area contributed by atoms with Crippen LogP contribution in [0.3, 0.4) is 0 Å². The summed E-state index contributed by atoms with van der Waals surface area (Å²) in [5.41, 5.74) is -3.19. The summed E-state index contributed by atoms with van der Waals surface area (Å²) in [4.78, 5) is 30.9. The Hall–Kier alpha value is -2.15. The van der Waals surface area contributed by atoms with Crippen molar-refractivity contribution in [1.82, 2.24) is 14.8 Å². The molecule has 0 aromatic carbocycles. The molecule has 0 aliphatic carbocycles. The second-order valence-electron chi connectivity index (χ2n) is 6.56. The lowest BCUT2D eigenvalue weighted by molar-refractivity contribution is -0.0252. The van der Waals surface area contributed by atoms with Crippen LogP contribution >= 0.6 is 0 Å². The monoisotopic (exact) mass is 401 g/mol. The van der Waals surface area contributed by atoms with Gasteiger partial charge in [-0.2, -0.15) is 0 Å². The second-order valence-corrected chi connectivity index (χ2v) is 6.56. The van der Waals surface area contributed by atoms with E-state index in [0.717, 1.165) is 16.0 Å². The number of hydrogen-bond acceptors (Lipinski definition) is 9. The van der Waals surface area contributed by atoms with Crippen molar-refractivity contribution in [2.24, 2.45) is 0 Å². The van der Waals surface area contributed by atoms with Crippen LogP contribution in [-0.2, 0) is 0 Å². The van der Waals surface area contributed by atoms with Crippen LogP contribution in [0.2, 0.25) is 0 Å². The van der Waals surface area contributed by atoms with E-state index in [4.69, 9.17) is 0 Å². The van der Waals surface area contributed by atoms with Gasteiger partial charge in [-0.1, -0.05) is 0 Å². The van der Waals surface area contributed by atoms with Crippen LogP contribution < -0.4 is 0 Å². The Balaban J connectivity index is 3.08. The normalized spacial score (nSPS) is 12.0. The Morgan fingerprint density at radius 2 is 1.18 bits per heavy atom. The van der Waals surface area contributed by atoms with Crippen LogP contribution in [0.1, 0.15) is 20.8 Å². The summed E-state index contributed by atoms with van der Waals surface area (Å²) in [7, 11) is 2.59. The van der Waals surface area contributed by atoms with Crippen LogP contribution in [0, 0.1) is 0 Å². The summed E-state index contributed by atoms with van der Waals surface area (Å²) in [6.45, 7) is -4.01. The van der Waals surface area contributed by atoms with E-state index in [0.29, 0.717) is 0 Å². The van der Waals surface area contributed by atoms with Gasteiger partial charge in [0, 0.05) is 20.3 Å². The molecular weight excluding hydrogens is 374 g/mol. The number of rotatable bonds is 10. The van der Waals surface area contributed by atoms with Crippen LogP contribution in [0.15, 0.2) is 18.3 Å². The third kappa shape index (κ3) is 4.29. The number of nitrogens with zero attached hydrogens (tertiary/aromatic N) is 3. The molecule has 0 atom stereocenters. The number of aliphatic hydroxyl groups is 6. The van der Waals surface area contributed by atoms with Gasteiger partial charge in [-0.3, -0.25) is 14.6 Å². The Kier molecular flexibility index (Phi) is 8.42. The number of aromatic nitrogens is 1. The number of likely N-dealkylation sites (N-methyl/N-ethyl adjacent to an activating group) is 2. The average molecular weight is 401 g/mol. The molecule has 11 heteroatoms. The van der Waals surface area contributed by atoms with Crippen molar-refractivity contribution < 1.29 is 40.2 Å². The van der Waals surface area contributed by atoms with Gasteiger partial charge in [-0.05, 0) is 12.1 Å². The lowest BCUT2D eigenvalue weighted by Crippen LogP contribution is -2.58. The first-order valence-electron chi connectivity index (χ1n) is 8.40. The van der Waals surface area contributed by atoms with E-state index in [2.05, 4.69) is 4.98 Å². The van der Waals surface area contributed by atoms with Crippen LogP contribution in [0.4, 0.5) is 0 Å². The number of pyridine rings is 1. The highest BCUT2D eigenvalue weighted by Gasteiger charge is 2.38. The number of carbonyl (C=O) groups is 2. The van der Waals surface area contributed by atoms with Crippen molar-refractivity contribution in [3.63, 3.8) is 0 Å². The molecule has 2 amide bonds. The molecule has 0 bridgehead atoms. The summed E-state index contributed by atoms with van der Waals surface area (Å²) in [5.74, 6) is -1.34. The summed E-state index contributed by atoms with van der Waals surface area (Å²) < 4.78 is 0. The molecule has 6 N–H and O–H groups in total. The summed E-state index contributed by atoms with van der Waals surface area (Å²) in [6.07, 6.45) is 1.11. The molecule has 0 fully saturated rings. The van der Waals surface area contributed by atoms with Crippen molar-refractivity contribution in [2.75, 3.05) is 53.7 Å². The molecule has 158 valence electrons. The minimum absolute atomic E-state index is 0.0409. The third-order valence-electron chi connectivity index (χ3n) is 5.03. The molecule has 1 heterocycles. The second kappa shape index (κ2) is 9.87. The largest absolute Gasteiger partial charge is 0.394 e. The van der Waals surface area contributed by atoms with Crippen molar-refractivity contribution in [1.29, 1.82) is 0 Å². The van der Waals surface area contributed by atoms with Crippen molar-refractivity contribution >= 4 is 11.8 Å². The highest BCUT2D eigenvalue weighted by Crippen LogP contribution is 2.18. The first-order chi connectivity index (χ1) is 13.2. The first kappa shape index (κ1) is 23.9. The van der Waals surface area contributed by atoms with E-state index < -0.39 is 62.5 Å². The molecule has 0 spiro atoms. The van der Waals surface area contributed by atoms with Crippen molar-refractivity contribution in [2.45, 2.75) is 11.1 Å². The lowest BCUT2D eigenvalue weighted by Gasteiger charge is -2.37. The Bertz CT molecular complexity index is 585. The van der Waals surface area contributed by atoms with Crippen LogP contribution in [0.5, 0.6) is 0 Å². The molecule has 0 aliphatic rings. The zero-order valence-electron chi connectivity index (χ0n) is 15.8.